The van der Waals surface area contributed by atoms with E-state index in [9.17, 15) is 23.2 Å². The minimum absolute atomic E-state index is 0.202. The Kier molecular flexibility index (Phi) is 5.79. The number of nitrogens with zero attached hydrogens (tertiary/aromatic N) is 2. The number of hydrogen-bond acceptors (Lipinski definition) is 3. The van der Waals surface area contributed by atoms with Crippen LogP contribution in [0.25, 0.3) is 0 Å². The van der Waals surface area contributed by atoms with Gasteiger partial charge in [-0.3, -0.25) is 19.3 Å². The lowest BCUT2D eigenvalue weighted by atomic mass is 9.85. The summed E-state index contributed by atoms with van der Waals surface area (Å²) in [6.07, 6.45) is 0. The van der Waals surface area contributed by atoms with Crippen LogP contribution in [0.2, 0.25) is 20.1 Å². The number of anilines is 1. The zero-order chi connectivity index (χ0) is 25.3. The second-order valence-corrected chi connectivity index (χ2v) is 9.58. The Morgan fingerprint density at radius 2 is 1.20 bits per heavy atom. The predicted octanol–water partition coefficient (Wildman–Crippen LogP) is 6.64. The zero-order valence-electron chi connectivity index (χ0n) is 17.6. The van der Waals surface area contributed by atoms with E-state index in [4.69, 9.17) is 46.4 Å². The first-order valence-electron chi connectivity index (χ1n) is 10.1. The molecule has 2 heterocycles. The molecule has 2 aliphatic rings. The van der Waals surface area contributed by atoms with Crippen LogP contribution in [0.5, 0.6) is 0 Å². The van der Waals surface area contributed by atoms with Crippen LogP contribution in [0.15, 0.2) is 42.5 Å². The Balaban J connectivity index is 1.65. The van der Waals surface area contributed by atoms with E-state index in [0.29, 0.717) is 11.1 Å². The fraction of sp³-hybridized carbons (Fsp3) is 0.125. The minimum atomic E-state index is -1.33. The summed E-state index contributed by atoms with van der Waals surface area (Å²) in [5.74, 6) is -3.50. The lowest BCUT2D eigenvalue weighted by Crippen LogP contribution is -2.67. The lowest BCUT2D eigenvalue weighted by Gasteiger charge is -2.50. The van der Waals surface area contributed by atoms with Crippen molar-refractivity contribution in [3.05, 3.63) is 96.4 Å². The molecule has 2 aliphatic heterocycles. The zero-order valence-corrected chi connectivity index (χ0v) is 20.6. The maximum absolute atomic E-state index is 14.1. The molecule has 3 aromatic carbocycles. The van der Waals surface area contributed by atoms with Gasteiger partial charge in [0, 0.05) is 0 Å². The largest absolute Gasteiger partial charge is 0.300 e. The summed E-state index contributed by atoms with van der Waals surface area (Å²) in [5.41, 5.74) is 0.727. The fourth-order valence-electron chi connectivity index (χ4n) is 4.45. The quantitative estimate of drug-likeness (QED) is 0.157. The fourth-order valence-corrected chi connectivity index (χ4v) is 5.46. The Morgan fingerprint density at radius 1 is 0.686 bits per heavy atom. The number of benzene rings is 3. The summed E-state index contributed by atoms with van der Waals surface area (Å²) in [4.78, 5) is 42.3. The Morgan fingerprint density at radius 3 is 1.74 bits per heavy atom. The van der Waals surface area contributed by atoms with Crippen LogP contribution in [0.1, 0.15) is 37.9 Å². The Labute approximate surface area is 217 Å². The molecule has 5 rings (SSSR count). The molecule has 3 aromatic rings. The van der Waals surface area contributed by atoms with E-state index in [-0.39, 0.29) is 36.9 Å². The van der Waals surface area contributed by atoms with Gasteiger partial charge in [-0.05, 0) is 42.3 Å². The van der Waals surface area contributed by atoms with Crippen LogP contribution in [0, 0.1) is 18.6 Å². The number of carbonyl (C=O) groups excluding carboxylic acids is 3. The average Bonchev–Trinajstić information content (AvgIpc) is 3.08. The minimum Gasteiger partial charge on any atom is -0.300 e. The van der Waals surface area contributed by atoms with E-state index in [0.717, 1.165) is 4.90 Å². The molecule has 0 aliphatic carbocycles. The van der Waals surface area contributed by atoms with Gasteiger partial charge in [-0.2, -0.15) is 0 Å². The molecule has 178 valence electrons. The number of aryl methyl sites for hydroxylation is 1. The molecule has 1 fully saturated rings. The van der Waals surface area contributed by atoms with Crippen molar-refractivity contribution < 1.29 is 23.2 Å². The van der Waals surface area contributed by atoms with Crippen molar-refractivity contribution in [2.45, 2.75) is 19.0 Å². The Bertz CT molecular complexity index is 1420. The van der Waals surface area contributed by atoms with E-state index >= 15 is 0 Å². The van der Waals surface area contributed by atoms with Crippen molar-refractivity contribution in [1.82, 2.24) is 4.90 Å². The van der Waals surface area contributed by atoms with Crippen LogP contribution < -0.4 is 4.90 Å². The van der Waals surface area contributed by atoms with Crippen LogP contribution in [-0.2, 0) is 4.79 Å². The number of carbonyl (C=O) groups is 3. The van der Waals surface area contributed by atoms with E-state index in [1.54, 1.807) is 6.92 Å². The maximum atomic E-state index is 14.1. The molecule has 1 saturated heterocycles. The van der Waals surface area contributed by atoms with Crippen LogP contribution in [0.4, 0.5) is 14.5 Å². The number of imide groups is 1. The van der Waals surface area contributed by atoms with Gasteiger partial charge in [0.1, 0.15) is 17.7 Å². The third-order valence-corrected chi connectivity index (χ3v) is 7.92. The number of halogens is 6. The van der Waals surface area contributed by atoms with Crippen molar-refractivity contribution in [1.29, 1.82) is 0 Å². The highest BCUT2D eigenvalue weighted by Crippen LogP contribution is 2.49. The van der Waals surface area contributed by atoms with Gasteiger partial charge in [-0.15, -0.1) is 0 Å². The first kappa shape index (κ1) is 24.0. The SMILES string of the molecule is Cc1ccc(F)cc1N1C(=O)C(N2C(=O)c3c(Cl)c(Cl)c(Cl)c(Cl)c3C2=O)C1c1ccc(F)cc1. The molecule has 2 atom stereocenters. The molecule has 3 amide bonds. The normalized spacial score (nSPS) is 19.3. The van der Waals surface area contributed by atoms with Crippen LogP contribution >= 0.6 is 46.4 Å². The molecule has 0 radical (unpaired) electrons. The van der Waals surface area contributed by atoms with Gasteiger partial charge < -0.3 is 4.90 Å². The monoisotopic (exact) mass is 554 g/mol. The van der Waals surface area contributed by atoms with Gasteiger partial charge in [0.15, 0.2) is 0 Å². The molecule has 0 spiro atoms. The van der Waals surface area contributed by atoms with Crippen molar-refractivity contribution in [2.24, 2.45) is 0 Å². The topological polar surface area (TPSA) is 57.7 Å². The molecule has 5 nitrogen and oxygen atoms in total. The molecule has 11 heteroatoms. The van der Waals surface area contributed by atoms with E-state index in [1.807, 2.05) is 0 Å². The molecule has 2 unspecified atom stereocenters. The molecular weight excluding hydrogens is 544 g/mol. The predicted molar refractivity (Wildman–Crippen MR) is 129 cm³/mol. The average molecular weight is 556 g/mol. The standard InChI is InChI=1S/C24H12Cl4F2N2O3/c1-9-2-5-12(30)8-13(9)31-20(10-3-6-11(29)7-4-10)21(24(31)35)32-22(33)14-15(23(32)34)17(26)19(28)18(27)16(14)25/h2-8,20-21H,1H3. The highest BCUT2D eigenvalue weighted by molar-refractivity contribution is 6.55. The number of β-lactam (4-membered cyclic amide) rings is 1. The van der Waals surface area contributed by atoms with E-state index in [2.05, 4.69) is 0 Å². The summed E-state index contributed by atoms with van der Waals surface area (Å²) < 4.78 is 27.7. The number of hydrogen-bond donors (Lipinski definition) is 0. The number of fused-ring (bicyclic) bond motifs is 1. The number of amides is 3. The highest BCUT2D eigenvalue weighted by Gasteiger charge is 2.58. The molecular formula is C24H12Cl4F2N2O3. The molecule has 0 saturated carbocycles. The third-order valence-electron chi connectivity index (χ3n) is 6.12. The first-order valence-corrected chi connectivity index (χ1v) is 11.6. The van der Waals surface area contributed by atoms with E-state index in [1.165, 1.54) is 47.4 Å². The summed E-state index contributed by atoms with van der Waals surface area (Å²) in [7, 11) is 0. The van der Waals surface area contributed by atoms with Crippen LogP contribution in [-0.4, -0.2) is 28.7 Å². The molecule has 35 heavy (non-hydrogen) atoms. The molecule has 0 bridgehead atoms. The van der Waals surface area contributed by atoms with Crippen molar-refractivity contribution >= 4 is 69.8 Å². The first-order chi connectivity index (χ1) is 16.5. The smallest absolute Gasteiger partial charge is 0.264 e. The van der Waals surface area contributed by atoms with Crippen molar-refractivity contribution in [3.63, 3.8) is 0 Å². The third kappa shape index (κ3) is 3.44. The van der Waals surface area contributed by atoms with Gasteiger partial charge in [0.2, 0.25) is 0 Å². The highest BCUT2D eigenvalue weighted by atomic mass is 35.5. The number of rotatable bonds is 3. The van der Waals surface area contributed by atoms with Crippen LogP contribution in [0.3, 0.4) is 0 Å². The summed E-state index contributed by atoms with van der Waals surface area (Å²) in [6, 6.07) is 6.86. The maximum Gasteiger partial charge on any atom is 0.264 e. The molecule has 0 N–H and O–H groups in total. The Hall–Kier alpha value is -2.71. The van der Waals surface area contributed by atoms with Crippen molar-refractivity contribution in [2.75, 3.05) is 4.90 Å². The summed E-state index contributed by atoms with van der Waals surface area (Å²) in [6.45, 7) is 1.68. The lowest BCUT2D eigenvalue weighted by molar-refractivity contribution is -0.130. The van der Waals surface area contributed by atoms with Gasteiger partial charge in [-0.25, -0.2) is 8.78 Å². The van der Waals surface area contributed by atoms with Gasteiger partial charge in [0.05, 0.1) is 42.9 Å². The van der Waals surface area contributed by atoms with E-state index < -0.39 is 41.4 Å². The molecule has 0 aromatic heterocycles. The second-order valence-electron chi connectivity index (χ2n) is 8.07. The van der Waals surface area contributed by atoms with Gasteiger partial charge in [-0.1, -0.05) is 64.6 Å². The second kappa shape index (κ2) is 8.45. The summed E-state index contributed by atoms with van der Waals surface area (Å²) >= 11 is 24.6. The van der Waals surface area contributed by atoms with Gasteiger partial charge in [0.25, 0.3) is 17.7 Å². The van der Waals surface area contributed by atoms with Gasteiger partial charge >= 0.3 is 0 Å². The van der Waals surface area contributed by atoms with Crippen molar-refractivity contribution in [3.8, 4) is 0 Å². The summed E-state index contributed by atoms with van der Waals surface area (Å²) in [5, 5.41) is -0.932.